The zero-order chi connectivity index (χ0) is 11.6. The summed E-state index contributed by atoms with van der Waals surface area (Å²) in [7, 11) is 0. The number of rotatable bonds is 3. The van der Waals surface area contributed by atoms with Gasteiger partial charge in [-0.25, -0.2) is 0 Å². The second kappa shape index (κ2) is 5.93. The van der Waals surface area contributed by atoms with E-state index < -0.39 is 0 Å². The molecule has 0 bridgehead atoms. The lowest BCUT2D eigenvalue weighted by Crippen LogP contribution is -1.98. The Balaban J connectivity index is 0.00000225. The van der Waals surface area contributed by atoms with Crippen molar-refractivity contribution < 1.29 is 5.11 Å². The summed E-state index contributed by atoms with van der Waals surface area (Å²) in [6, 6.07) is 4.20. The van der Waals surface area contributed by atoms with Gasteiger partial charge in [0, 0.05) is 0 Å². The van der Waals surface area contributed by atoms with E-state index in [1.165, 1.54) is 5.56 Å². The molecule has 0 aliphatic heterocycles. The topological polar surface area (TPSA) is 20.2 Å². The van der Waals surface area contributed by atoms with Gasteiger partial charge in [-0.15, -0.1) is 0 Å². The molecule has 1 rings (SSSR count). The first-order valence-corrected chi connectivity index (χ1v) is 5.80. The van der Waals surface area contributed by atoms with Gasteiger partial charge >= 0.3 is 0 Å². The minimum atomic E-state index is 0. The number of hydrogen-bond donors (Lipinski definition) is 1. The Morgan fingerprint density at radius 3 is 2.06 bits per heavy atom. The predicted octanol–water partition coefficient (Wildman–Crippen LogP) is 4.97. The molecule has 0 saturated carbocycles. The number of hydrogen-bond acceptors (Lipinski definition) is 1. The molecule has 0 spiro atoms. The summed E-state index contributed by atoms with van der Waals surface area (Å²) in [5.74, 6) is 1.32. The van der Waals surface area contributed by atoms with Gasteiger partial charge < -0.3 is 5.11 Å². The maximum Gasteiger partial charge on any atom is 0.122 e. The third-order valence-electron chi connectivity index (χ3n) is 3.08. The first kappa shape index (κ1) is 15.0. The molecule has 1 unspecified atom stereocenters. The monoisotopic (exact) mass is 222 g/mol. The lowest BCUT2D eigenvalue weighted by molar-refractivity contribution is 0.451. The van der Waals surface area contributed by atoms with Gasteiger partial charge in [-0.3, -0.25) is 0 Å². The van der Waals surface area contributed by atoms with Gasteiger partial charge in [-0.2, -0.15) is 0 Å². The molecule has 0 amide bonds. The van der Waals surface area contributed by atoms with Crippen LogP contribution in [0.25, 0.3) is 0 Å². The van der Waals surface area contributed by atoms with Gasteiger partial charge in [0.15, 0.2) is 0 Å². The van der Waals surface area contributed by atoms with Gasteiger partial charge in [0.1, 0.15) is 5.75 Å². The summed E-state index contributed by atoms with van der Waals surface area (Å²) in [6.45, 7) is 10.7. The van der Waals surface area contributed by atoms with Crippen LogP contribution in [-0.2, 0) is 0 Å². The van der Waals surface area contributed by atoms with E-state index in [9.17, 15) is 5.11 Å². The normalized spacial score (nSPS) is 12.4. The zero-order valence-electron chi connectivity index (χ0n) is 10.5. The molecule has 0 radical (unpaired) electrons. The van der Waals surface area contributed by atoms with Crippen molar-refractivity contribution in [1.82, 2.24) is 0 Å². The van der Waals surface area contributed by atoms with Crippen molar-refractivity contribution in [3.8, 4) is 5.75 Å². The van der Waals surface area contributed by atoms with Crippen LogP contribution in [0.4, 0.5) is 0 Å². The number of aryl methyl sites for hydroxylation is 1. The summed E-state index contributed by atoms with van der Waals surface area (Å²) in [6.07, 6.45) is 1.06. The maximum absolute atomic E-state index is 10.2. The second-order valence-corrected chi connectivity index (χ2v) is 4.76. The molecule has 0 heterocycles. The van der Waals surface area contributed by atoms with Crippen LogP contribution >= 0.6 is 0 Å². The summed E-state index contributed by atoms with van der Waals surface area (Å²) in [4.78, 5) is 0. The minimum absolute atomic E-state index is 0. The highest BCUT2D eigenvalue weighted by atomic mass is 16.3. The van der Waals surface area contributed by atoms with Crippen molar-refractivity contribution in [3.63, 3.8) is 0 Å². The molecule has 1 nitrogen and oxygen atoms in total. The third kappa shape index (κ3) is 3.01. The summed E-state index contributed by atoms with van der Waals surface area (Å²) in [5, 5.41) is 10.2. The molecule has 92 valence electrons. The molecule has 1 aromatic rings. The van der Waals surface area contributed by atoms with Crippen molar-refractivity contribution in [2.24, 2.45) is 0 Å². The highest BCUT2D eigenvalue weighted by Gasteiger charge is 2.14. The fourth-order valence-corrected chi connectivity index (χ4v) is 1.87. The molecule has 0 aliphatic carbocycles. The summed E-state index contributed by atoms with van der Waals surface area (Å²) in [5.41, 5.74) is 3.42. The Kier molecular flexibility index (Phi) is 5.57. The molecular formula is C15H26O. The average molecular weight is 222 g/mol. The van der Waals surface area contributed by atoms with Crippen LogP contribution in [0, 0.1) is 6.92 Å². The van der Waals surface area contributed by atoms with Crippen LogP contribution in [0.3, 0.4) is 0 Å². The molecule has 1 heteroatoms. The van der Waals surface area contributed by atoms with E-state index in [2.05, 4.69) is 46.8 Å². The van der Waals surface area contributed by atoms with Crippen molar-refractivity contribution >= 4 is 0 Å². The van der Waals surface area contributed by atoms with E-state index in [0.717, 1.165) is 17.5 Å². The predicted molar refractivity (Wildman–Crippen MR) is 72.4 cm³/mol. The molecule has 1 atom stereocenters. The van der Waals surface area contributed by atoms with Crippen LogP contribution in [-0.4, -0.2) is 5.11 Å². The van der Waals surface area contributed by atoms with Crippen LogP contribution < -0.4 is 0 Å². The quantitative estimate of drug-likeness (QED) is 0.765. The van der Waals surface area contributed by atoms with Gasteiger partial charge in [0.2, 0.25) is 0 Å². The molecule has 1 N–H and O–H groups in total. The Morgan fingerprint density at radius 1 is 1.12 bits per heavy atom. The fourth-order valence-electron chi connectivity index (χ4n) is 1.87. The van der Waals surface area contributed by atoms with Crippen LogP contribution in [0.2, 0.25) is 0 Å². The molecule has 0 aromatic heterocycles. The standard InChI is InChI=1S/C14H22O.CH4/c1-6-11(5)13-8-10(4)7-12(9(2)3)14(13)15;/h7-9,11,15H,6H2,1-5H3;1H4. The largest absolute Gasteiger partial charge is 0.507 e. The Bertz CT molecular complexity index is 340. The van der Waals surface area contributed by atoms with E-state index in [1.54, 1.807) is 0 Å². The van der Waals surface area contributed by atoms with E-state index in [1.807, 2.05) is 0 Å². The fraction of sp³-hybridized carbons (Fsp3) is 0.600. The molecule has 0 fully saturated rings. The van der Waals surface area contributed by atoms with Crippen LogP contribution in [0.5, 0.6) is 5.75 Å². The summed E-state index contributed by atoms with van der Waals surface area (Å²) >= 11 is 0. The lowest BCUT2D eigenvalue weighted by Gasteiger charge is -2.17. The van der Waals surface area contributed by atoms with Crippen molar-refractivity contribution in [1.29, 1.82) is 0 Å². The van der Waals surface area contributed by atoms with Crippen molar-refractivity contribution in [2.75, 3.05) is 0 Å². The van der Waals surface area contributed by atoms with Crippen molar-refractivity contribution in [2.45, 2.75) is 60.3 Å². The number of phenolic OH excluding ortho intramolecular Hbond substituents is 1. The highest BCUT2D eigenvalue weighted by molar-refractivity contribution is 5.46. The van der Waals surface area contributed by atoms with Gasteiger partial charge in [-0.05, 0) is 36.3 Å². The van der Waals surface area contributed by atoms with Gasteiger partial charge in [0.25, 0.3) is 0 Å². The first-order chi connectivity index (χ1) is 6.97. The van der Waals surface area contributed by atoms with Gasteiger partial charge in [0.05, 0.1) is 0 Å². The third-order valence-corrected chi connectivity index (χ3v) is 3.08. The number of benzene rings is 1. The Labute approximate surface area is 101 Å². The summed E-state index contributed by atoms with van der Waals surface area (Å²) < 4.78 is 0. The Morgan fingerprint density at radius 2 is 1.62 bits per heavy atom. The zero-order valence-corrected chi connectivity index (χ0v) is 10.5. The second-order valence-electron chi connectivity index (χ2n) is 4.76. The highest BCUT2D eigenvalue weighted by Crippen LogP contribution is 2.35. The van der Waals surface area contributed by atoms with Gasteiger partial charge in [-0.1, -0.05) is 52.8 Å². The minimum Gasteiger partial charge on any atom is -0.507 e. The number of phenols is 1. The SMILES string of the molecule is C.CCC(C)c1cc(C)cc(C(C)C)c1O. The van der Waals surface area contributed by atoms with Crippen molar-refractivity contribution in [3.05, 3.63) is 28.8 Å². The molecule has 16 heavy (non-hydrogen) atoms. The maximum atomic E-state index is 10.2. The Hall–Kier alpha value is -0.980. The average Bonchev–Trinajstić information content (AvgIpc) is 2.19. The molecular weight excluding hydrogens is 196 g/mol. The molecule has 0 saturated heterocycles. The smallest absolute Gasteiger partial charge is 0.122 e. The van der Waals surface area contributed by atoms with E-state index in [4.69, 9.17) is 0 Å². The van der Waals surface area contributed by atoms with Crippen LogP contribution in [0.1, 0.15) is 70.1 Å². The number of aromatic hydroxyl groups is 1. The molecule has 0 aliphatic rings. The van der Waals surface area contributed by atoms with E-state index in [-0.39, 0.29) is 7.43 Å². The van der Waals surface area contributed by atoms with E-state index >= 15 is 0 Å². The first-order valence-electron chi connectivity index (χ1n) is 5.80. The lowest BCUT2D eigenvalue weighted by atomic mass is 9.90. The van der Waals surface area contributed by atoms with Crippen LogP contribution in [0.15, 0.2) is 12.1 Å². The van der Waals surface area contributed by atoms with E-state index in [0.29, 0.717) is 17.6 Å². The molecule has 1 aromatic carbocycles.